The van der Waals surface area contributed by atoms with Crippen molar-refractivity contribution in [1.29, 1.82) is 0 Å². The second kappa shape index (κ2) is 6.10. The average Bonchev–Trinajstić information content (AvgIpc) is 2.35. The van der Waals surface area contributed by atoms with Crippen molar-refractivity contribution < 1.29 is 20.1 Å². The molecule has 0 aliphatic carbocycles. The van der Waals surface area contributed by atoms with E-state index in [4.69, 9.17) is 15.3 Å². The summed E-state index contributed by atoms with van der Waals surface area (Å²) in [5, 5.41) is 27.6. The molecule has 0 aliphatic heterocycles. The number of benzene rings is 1. The minimum absolute atomic E-state index is 0.131. The average molecular weight is 289 g/mol. The van der Waals surface area contributed by atoms with Crippen LogP contribution < -0.4 is 0 Å². The normalized spacial score (nSPS) is 10.5. The van der Waals surface area contributed by atoms with Gasteiger partial charge in [0.25, 0.3) is 0 Å². The number of hydrogen-bond acceptors (Lipinski definition) is 4. The zero-order chi connectivity index (χ0) is 12.1. The Bertz CT molecular complexity index is 365. The fourth-order valence-corrected chi connectivity index (χ4v) is 1.84. The molecule has 0 fully saturated rings. The molecule has 0 radical (unpaired) electrons. The lowest BCUT2D eigenvalue weighted by Crippen LogP contribution is -2.07. The van der Waals surface area contributed by atoms with Gasteiger partial charge >= 0.3 is 0 Å². The van der Waals surface area contributed by atoms with E-state index in [0.29, 0.717) is 22.3 Å². The van der Waals surface area contributed by atoms with Gasteiger partial charge in [0, 0.05) is 5.56 Å². The quantitative estimate of drug-likeness (QED) is 0.552. The Morgan fingerprint density at radius 3 is 1.88 bits per heavy atom. The van der Waals surface area contributed by atoms with Gasteiger partial charge in [-0.05, 0) is 28.8 Å². The van der Waals surface area contributed by atoms with E-state index in [2.05, 4.69) is 15.9 Å². The fraction of sp³-hybridized carbons (Fsp3) is 0.364. The standard InChI is InChI=1S/C11H13BrO4/c12-3-11(16)7-1-8(4-13)10(6-15)9(2-7)5-14/h1-2,13-15H,3-6H2. The summed E-state index contributed by atoms with van der Waals surface area (Å²) in [7, 11) is 0. The highest BCUT2D eigenvalue weighted by Gasteiger charge is 2.12. The van der Waals surface area contributed by atoms with Gasteiger partial charge in [-0.2, -0.15) is 0 Å². The molecule has 16 heavy (non-hydrogen) atoms. The van der Waals surface area contributed by atoms with E-state index in [9.17, 15) is 4.79 Å². The highest BCUT2D eigenvalue weighted by atomic mass is 79.9. The first kappa shape index (κ1) is 13.3. The van der Waals surface area contributed by atoms with Crippen molar-refractivity contribution in [3.63, 3.8) is 0 Å². The molecular formula is C11H13BrO4. The molecule has 0 atom stereocenters. The molecule has 88 valence electrons. The number of carbonyl (C=O) groups is 1. The molecule has 0 saturated carbocycles. The first-order chi connectivity index (χ1) is 7.67. The number of rotatable bonds is 5. The molecule has 0 saturated heterocycles. The molecule has 5 heteroatoms. The van der Waals surface area contributed by atoms with Crippen LogP contribution >= 0.6 is 15.9 Å². The largest absolute Gasteiger partial charge is 0.392 e. The summed E-state index contributed by atoms with van der Waals surface area (Å²) in [6, 6.07) is 3.07. The lowest BCUT2D eigenvalue weighted by atomic mass is 9.97. The van der Waals surface area contributed by atoms with Gasteiger partial charge in [0.2, 0.25) is 0 Å². The molecule has 0 amide bonds. The first-order valence-electron chi connectivity index (χ1n) is 4.74. The maximum absolute atomic E-state index is 11.5. The predicted molar refractivity (Wildman–Crippen MR) is 62.3 cm³/mol. The number of Topliss-reactive ketones (excluding diaryl/α,β-unsaturated/α-hetero) is 1. The van der Waals surface area contributed by atoms with Crippen LogP contribution in [0.4, 0.5) is 0 Å². The molecule has 1 aromatic carbocycles. The molecule has 0 aromatic heterocycles. The number of aliphatic hydroxyl groups excluding tert-OH is 3. The monoisotopic (exact) mass is 288 g/mol. The van der Waals surface area contributed by atoms with Gasteiger partial charge in [-0.3, -0.25) is 4.79 Å². The van der Waals surface area contributed by atoms with Crippen LogP contribution in [0.25, 0.3) is 0 Å². The van der Waals surface area contributed by atoms with Crippen molar-refractivity contribution in [3.8, 4) is 0 Å². The van der Waals surface area contributed by atoms with Gasteiger partial charge in [-0.15, -0.1) is 0 Å². The third-order valence-corrected chi connectivity index (χ3v) is 2.89. The molecular weight excluding hydrogens is 276 g/mol. The number of carbonyl (C=O) groups excluding carboxylic acids is 1. The van der Waals surface area contributed by atoms with Crippen LogP contribution in [-0.2, 0) is 19.8 Å². The number of aliphatic hydroxyl groups is 3. The Hall–Kier alpha value is -0.750. The molecule has 0 heterocycles. The molecule has 3 N–H and O–H groups in total. The third kappa shape index (κ3) is 2.68. The van der Waals surface area contributed by atoms with Crippen LogP contribution in [0.5, 0.6) is 0 Å². The van der Waals surface area contributed by atoms with Gasteiger partial charge in [-0.25, -0.2) is 0 Å². The lowest BCUT2D eigenvalue weighted by Gasteiger charge is -2.12. The Kier molecular flexibility index (Phi) is 5.08. The van der Waals surface area contributed by atoms with Gasteiger partial charge in [0.05, 0.1) is 25.2 Å². The first-order valence-corrected chi connectivity index (χ1v) is 5.86. The van der Waals surface area contributed by atoms with Crippen LogP contribution in [0.1, 0.15) is 27.0 Å². The highest BCUT2D eigenvalue weighted by molar-refractivity contribution is 9.09. The van der Waals surface area contributed by atoms with Crippen LogP contribution in [-0.4, -0.2) is 26.4 Å². The number of hydrogen-bond donors (Lipinski definition) is 3. The van der Waals surface area contributed by atoms with Crippen molar-refractivity contribution in [2.24, 2.45) is 0 Å². The molecule has 1 aromatic rings. The summed E-state index contributed by atoms with van der Waals surface area (Å²) in [6.07, 6.45) is 0. The van der Waals surface area contributed by atoms with Gasteiger partial charge in [0.15, 0.2) is 5.78 Å². The smallest absolute Gasteiger partial charge is 0.173 e. The molecule has 1 rings (SSSR count). The van der Waals surface area contributed by atoms with Gasteiger partial charge in [-0.1, -0.05) is 15.9 Å². The van der Waals surface area contributed by atoms with E-state index in [-0.39, 0.29) is 30.9 Å². The van der Waals surface area contributed by atoms with Crippen molar-refractivity contribution in [1.82, 2.24) is 0 Å². The van der Waals surface area contributed by atoms with E-state index in [1.807, 2.05) is 0 Å². The van der Waals surface area contributed by atoms with Crippen LogP contribution in [0.2, 0.25) is 0 Å². The fourth-order valence-electron chi connectivity index (χ4n) is 1.52. The second-order valence-electron chi connectivity index (χ2n) is 3.30. The summed E-state index contributed by atoms with van der Waals surface area (Å²) in [5.41, 5.74) is 1.84. The van der Waals surface area contributed by atoms with Crippen molar-refractivity contribution in [3.05, 3.63) is 34.4 Å². The maximum Gasteiger partial charge on any atom is 0.173 e. The predicted octanol–water partition coefficient (Wildman–Crippen LogP) is 0.741. The number of alkyl halides is 1. The Morgan fingerprint density at radius 1 is 1.06 bits per heavy atom. The second-order valence-corrected chi connectivity index (χ2v) is 3.86. The summed E-state index contributed by atoms with van der Waals surface area (Å²) in [6.45, 7) is -0.812. The van der Waals surface area contributed by atoms with E-state index in [1.165, 1.54) is 12.1 Å². The molecule has 0 bridgehead atoms. The third-order valence-electron chi connectivity index (χ3n) is 2.38. The zero-order valence-corrected chi connectivity index (χ0v) is 10.2. The lowest BCUT2D eigenvalue weighted by molar-refractivity contribution is 0.102. The number of halogens is 1. The molecule has 4 nitrogen and oxygen atoms in total. The van der Waals surface area contributed by atoms with Crippen LogP contribution in [0.15, 0.2) is 12.1 Å². The van der Waals surface area contributed by atoms with Crippen molar-refractivity contribution in [2.75, 3.05) is 5.33 Å². The van der Waals surface area contributed by atoms with E-state index < -0.39 is 0 Å². The summed E-state index contributed by atoms with van der Waals surface area (Å²) in [5.74, 6) is -0.131. The van der Waals surface area contributed by atoms with E-state index in [1.54, 1.807) is 0 Å². The maximum atomic E-state index is 11.5. The summed E-state index contributed by atoms with van der Waals surface area (Å²) in [4.78, 5) is 11.5. The Morgan fingerprint density at radius 2 is 1.56 bits per heavy atom. The molecule has 0 unspecified atom stereocenters. The summed E-state index contributed by atoms with van der Waals surface area (Å²) < 4.78 is 0. The van der Waals surface area contributed by atoms with Crippen molar-refractivity contribution in [2.45, 2.75) is 19.8 Å². The molecule has 0 aliphatic rings. The number of ketones is 1. The molecule has 0 spiro atoms. The SMILES string of the molecule is O=C(CBr)c1cc(CO)c(CO)c(CO)c1. The highest BCUT2D eigenvalue weighted by Crippen LogP contribution is 2.19. The topological polar surface area (TPSA) is 77.8 Å². The summed E-state index contributed by atoms with van der Waals surface area (Å²) >= 11 is 3.06. The minimum Gasteiger partial charge on any atom is -0.392 e. The van der Waals surface area contributed by atoms with Crippen LogP contribution in [0, 0.1) is 0 Å². The van der Waals surface area contributed by atoms with Gasteiger partial charge < -0.3 is 15.3 Å². The minimum atomic E-state index is -0.272. The van der Waals surface area contributed by atoms with Gasteiger partial charge in [0.1, 0.15) is 0 Å². The Balaban J connectivity index is 3.31. The van der Waals surface area contributed by atoms with E-state index in [0.717, 1.165) is 0 Å². The van der Waals surface area contributed by atoms with Crippen LogP contribution in [0.3, 0.4) is 0 Å². The van der Waals surface area contributed by atoms with E-state index >= 15 is 0 Å². The van der Waals surface area contributed by atoms with Crippen molar-refractivity contribution >= 4 is 21.7 Å². The zero-order valence-electron chi connectivity index (χ0n) is 8.61. The Labute approximate surface area is 102 Å².